The van der Waals surface area contributed by atoms with E-state index in [4.69, 9.17) is 11.6 Å². The fourth-order valence-electron chi connectivity index (χ4n) is 3.12. The summed E-state index contributed by atoms with van der Waals surface area (Å²) in [6, 6.07) is 7.98. The molecule has 1 fully saturated rings. The van der Waals surface area contributed by atoms with Gasteiger partial charge in [-0.15, -0.1) is 0 Å². The number of carbonyl (C=O) groups excluding carboxylic acids is 1. The van der Waals surface area contributed by atoms with Crippen LogP contribution in [0, 0.1) is 12.8 Å². The van der Waals surface area contributed by atoms with Crippen molar-refractivity contribution in [3.05, 3.63) is 52.3 Å². The van der Waals surface area contributed by atoms with Crippen molar-refractivity contribution >= 4 is 17.5 Å². The van der Waals surface area contributed by atoms with Gasteiger partial charge in [-0.25, -0.2) is 0 Å². The van der Waals surface area contributed by atoms with E-state index in [1.807, 2.05) is 37.2 Å². The number of nitrogens with zero attached hydrogens (tertiary/aromatic N) is 3. The molecule has 1 aliphatic heterocycles. The molecule has 2 heterocycles. The number of amides is 1. The van der Waals surface area contributed by atoms with E-state index in [0.29, 0.717) is 5.92 Å². The Kier molecular flexibility index (Phi) is 4.21. The Morgan fingerprint density at radius 1 is 1.36 bits per heavy atom. The molecule has 1 aromatic carbocycles. The molecule has 0 aliphatic carbocycles. The topological polar surface area (TPSA) is 38.1 Å². The Hall–Kier alpha value is -1.81. The van der Waals surface area contributed by atoms with Gasteiger partial charge in [-0.3, -0.25) is 9.48 Å². The molecule has 0 bridgehead atoms. The number of benzene rings is 1. The lowest BCUT2D eigenvalue weighted by molar-refractivity contribution is 0.0786. The van der Waals surface area contributed by atoms with Gasteiger partial charge in [-0.05, 0) is 43.4 Å². The first-order valence-corrected chi connectivity index (χ1v) is 7.94. The summed E-state index contributed by atoms with van der Waals surface area (Å²) in [5.74, 6) is 0.617. The third-order valence-electron chi connectivity index (χ3n) is 4.25. The van der Waals surface area contributed by atoms with Crippen LogP contribution in [0.2, 0.25) is 5.02 Å². The highest BCUT2D eigenvalue weighted by molar-refractivity contribution is 6.30. The first kappa shape index (κ1) is 15.1. The number of hydrogen-bond acceptors (Lipinski definition) is 2. The summed E-state index contributed by atoms with van der Waals surface area (Å²) < 4.78 is 1.70. The van der Waals surface area contributed by atoms with Crippen molar-refractivity contribution in [3.8, 4) is 0 Å². The molecule has 1 saturated heterocycles. The van der Waals surface area contributed by atoms with Crippen LogP contribution < -0.4 is 0 Å². The first-order chi connectivity index (χ1) is 10.5. The van der Waals surface area contributed by atoms with E-state index in [0.717, 1.165) is 42.2 Å². The maximum atomic E-state index is 12.6. The van der Waals surface area contributed by atoms with Crippen molar-refractivity contribution in [1.82, 2.24) is 14.7 Å². The molecule has 1 aliphatic rings. The molecule has 22 heavy (non-hydrogen) atoms. The second kappa shape index (κ2) is 6.13. The zero-order chi connectivity index (χ0) is 15.7. The lowest BCUT2D eigenvalue weighted by Crippen LogP contribution is -2.29. The second-order valence-electron chi connectivity index (χ2n) is 6.04. The van der Waals surface area contributed by atoms with Crippen LogP contribution in [-0.2, 0) is 13.5 Å². The molecule has 1 unspecified atom stereocenters. The highest BCUT2D eigenvalue weighted by atomic mass is 35.5. The maximum absolute atomic E-state index is 12.6. The molecule has 1 aromatic heterocycles. The Bertz CT molecular complexity index is 678. The normalized spacial score (nSPS) is 18.0. The van der Waals surface area contributed by atoms with Crippen LogP contribution in [0.5, 0.6) is 0 Å². The van der Waals surface area contributed by atoms with Gasteiger partial charge in [-0.1, -0.05) is 23.7 Å². The average Bonchev–Trinajstić information content (AvgIpc) is 3.07. The number of likely N-dealkylation sites (tertiary alicyclic amines) is 1. The Morgan fingerprint density at radius 2 is 2.09 bits per heavy atom. The lowest BCUT2D eigenvalue weighted by atomic mass is 9.99. The Labute approximate surface area is 135 Å². The molecule has 0 radical (unpaired) electrons. The summed E-state index contributed by atoms with van der Waals surface area (Å²) in [6.07, 6.45) is 3.85. The van der Waals surface area contributed by atoms with Crippen LogP contribution in [0.25, 0.3) is 0 Å². The largest absolute Gasteiger partial charge is 0.338 e. The third kappa shape index (κ3) is 3.17. The van der Waals surface area contributed by atoms with Crippen LogP contribution in [0.15, 0.2) is 30.5 Å². The van der Waals surface area contributed by atoms with Crippen LogP contribution in [0.3, 0.4) is 0 Å². The number of halogens is 1. The number of carbonyl (C=O) groups is 1. The summed E-state index contributed by atoms with van der Waals surface area (Å²) in [4.78, 5) is 14.5. The molecular formula is C17H20ClN3O. The van der Waals surface area contributed by atoms with E-state index in [1.54, 1.807) is 4.68 Å². The number of aryl methyl sites for hydroxylation is 2. The molecule has 4 nitrogen and oxygen atoms in total. The van der Waals surface area contributed by atoms with E-state index in [9.17, 15) is 4.79 Å². The van der Waals surface area contributed by atoms with Gasteiger partial charge in [0.1, 0.15) is 0 Å². The van der Waals surface area contributed by atoms with Crippen LogP contribution >= 0.6 is 11.6 Å². The Balaban J connectivity index is 1.63. The quantitative estimate of drug-likeness (QED) is 0.872. The van der Waals surface area contributed by atoms with E-state index in [-0.39, 0.29) is 5.91 Å². The van der Waals surface area contributed by atoms with Crippen LogP contribution in [0.1, 0.15) is 28.0 Å². The molecular weight excluding hydrogens is 298 g/mol. The van der Waals surface area contributed by atoms with E-state index in [1.165, 1.54) is 5.56 Å². The van der Waals surface area contributed by atoms with Gasteiger partial charge >= 0.3 is 0 Å². The van der Waals surface area contributed by atoms with Gasteiger partial charge in [0.2, 0.25) is 0 Å². The smallest absolute Gasteiger partial charge is 0.257 e. The van der Waals surface area contributed by atoms with Crippen molar-refractivity contribution in [2.75, 3.05) is 13.1 Å². The van der Waals surface area contributed by atoms with Crippen LogP contribution in [0.4, 0.5) is 0 Å². The van der Waals surface area contributed by atoms with Crippen molar-refractivity contribution in [2.45, 2.75) is 19.8 Å². The molecule has 2 aromatic rings. The molecule has 1 amide bonds. The number of rotatable bonds is 3. The predicted octanol–water partition coefficient (Wildman–Crippen LogP) is 3.09. The third-order valence-corrected chi connectivity index (χ3v) is 4.51. The Morgan fingerprint density at radius 3 is 2.73 bits per heavy atom. The molecule has 5 heteroatoms. The van der Waals surface area contributed by atoms with Crippen LogP contribution in [-0.4, -0.2) is 33.7 Å². The van der Waals surface area contributed by atoms with Crippen molar-refractivity contribution < 1.29 is 4.79 Å². The van der Waals surface area contributed by atoms with Crippen molar-refractivity contribution in [1.29, 1.82) is 0 Å². The van der Waals surface area contributed by atoms with E-state index >= 15 is 0 Å². The fourth-order valence-corrected chi connectivity index (χ4v) is 3.24. The van der Waals surface area contributed by atoms with Gasteiger partial charge in [-0.2, -0.15) is 5.10 Å². The minimum atomic E-state index is 0.101. The minimum Gasteiger partial charge on any atom is -0.338 e. The standard InChI is InChI=1S/C17H20ClN3O/c1-12-16(11-20(2)19-12)17(22)21-8-7-14(10-21)9-13-3-5-15(18)6-4-13/h3-6,11,14H,7-10H2,1-2H3. The highest BCUT2D eigenvalue weighted by Gasteiger charge is 2.28. The van der Waals surface area contributed by atoms with Crippen molar-refractivity contribution in [3.63, 3.8) is 0 Å². The highest BCUT2D eigenvalue weighted by Crippen LogP contribution is 2.23. The number of aromatic nitrogens is 2. The zero-order valence-corrected chi connectivity index (χ0v) is 13.7. The molecule has 0 N–H and O–H groups in total. The monoisotopic (exact) mass is 317 g/mol. The van der Waals surface area contributed by atoms with Gasteiger partial charge < -0.3 is 4.90 Å². The summed E-state index contributed by atoms with van der Waals surface area (Å²) >= 11 is 5.92. The molecule has 116 valence electrons. The second-order valence-corrected chi connectivity index (χ2v) is 6.47. The minimum absolute atomic E-state index is 0.101. The molecule has 0 spiro atoms. The zero-order valence-electron chi connectivity index (χ0n) is 12.9. The van der Waals surface area contributed by atoms with Gasteiger partial charge in [0.05, 0.1) is 11.3 Å². The SMILES string of the molecule is Cc1nn(C)cc1C(=O)N1CCC(Cc2ccc(Cl)cc2)C1. The van der Waals surface area contributed by atoms with E-state index in [2.05, 4.69) is 17.2 Å². The fraction of sp³-hybridized carbons (Fsp3) is 0.412. The first-order valence-electron chi connectivity index (χ1n) is 7.57. The summed E-state index contributed by atoms with van der Waals surface area (Å²) in [7, 11) is 1.84. The van der Waals surface area contributed by atoms with Gasteiger partial charge in [0.15, 0.2) is 0 Å². The van der Waals surface area contributed by atoms with Gasteiger partial charge in [0, 0.05) is 31.4 Å². The molecule has 1 atom stereocenters. The molecule has 0 saturated carbocycles. The summed E-state index contributed by atoms with van der Waals surface area (Å²) in [5, 5.41) is 5.02. The van der Waals surface area contributed by atoms with E-state index < -0.39 is 0 Å². The summed E-state index contributed by atoms with van der Waals surface area (Å²) in [6.45, 7) is 3.52. The maximum Gasteiger partial charge on any atom is 0.257 e. The summed E-state index contributed by atoms with van der Waals surface area (Å²) in [5.41, 5.74) is 2.80. The van der Waals surface area contributed by atoms with Gasteiger partial charge in [0.25, 0.3) is 5.91 Å². The van der Waals surface area contributed by atoms with Crippen molar-refractivity contribution in [2.24, 2.45) is 13.0 Å². The predicted molar refractivity (Wildman–Crippen MR) is 87.1 cm³/mol. The molecule has 3 rings (SSSR count). The number of hydrogen-bond donors (Lipinski definition) is 0. The lowest BCUT2D eigenvalue weighted by Gasteiger charge is -2.16. The average molecular weight is 318 g/mol.